The SMILES string of the molecule is O=C(c1ccc(Cn2cccn2)cc1)c1ccc[nH]1. The van der Waals surface area contributed by atoms with Crippen LogP contribution in [0, 0.1) is 0 Å². The molecule has 0 amide bonds. The number of nitrogens with zero attached hydrogens (tertiary/aromatic N) is 2. The van der Waals surface area contributed by atoms with Gasteiger partial charge < -0.3 is 4.98 Å². The van der Waals surface area contributed by atoms with Crippen LogP contribution in [-0.2, 0) is 6.54 Å². The summed E-state index contributed by atoms with van der Waals surface area (Å²) in [7, 11) is 0. The van der Waals surface area contributed by atoms with Gasteiger partial charge in [-0.05, 0) is 23.8 Å². The predicted molar refractivity (Wildman–Crippen MR) is 72.0 cm³/mol. The molecule has 19 heavy (non-hydrogen) atoms. The second-order valence-electron chi connectivity index (χ2n) is 4.31. The molecular weight excluding hydrogens is 238 g/mol. The number of hydrogen-bond donors (Lipinski definition) is 1. The molecule has 0 unspecified atom stereocenters. The standard InChI is InChI=1S/C15H13N3O/c19-15(14-3-1-8-16-14)13-6-4-12(5-7-13)11-18-10-2-9-17-18/h1-10,16H,11H2. The van der Waals surface area contributed by atoms with E-state index in [-0.39, 0.29) is 5.78 Å². The van der Waals surface area contributed by atoms with Gasteiger partial charge in [-0.25, -0.2) is 0 Å². The zero-order valence-corrected chi connectivity index (χ0v) is 10.3. The molecule has 1 aromatic carbocycles. The number of carbonyl (C=O) groups is 1. The van der Waals surface area contributed by atoms with Crippen molar-refractivity contribution in [2.24, 2.45) is 0 Å². The monoisotopic (exact) mass is 251 g/mol. The van der Waals surface area contributed by atoms with Crippen molar-refractivity contribution in [2.45, 2.75) is 6.54 Å². The molecule has 94 valence electrons. The molecule has 0 spiro atoms. The summed E-state index contributed by atoms with van der Waals surface area (Å²) in [6.45, 7) is 0.712. The first kappa shape index (κ1) is 11.5. The molecule has 0 atom stereocenters. The highest BCUT2D eigenvalue weighted by atomic mass is 16.1. The molecule has 0 fully saturated rings. The van der Waals surface area contributed by atoms with E-state index >= 15 is 0 Å². The maximum atomic E-state index is 12.1. The third-order valence-corrected chi connectivity index (χ3v) is 2.96. The third-order valence-electron chi connectivity index (χ3n) is 2.96. The first-order chi connectivity index (χ1) is 9.33. The third kappa shape index (κ3) is 2.47. The van der Waals surface area contributed by atoms with E-state index in [0.717, 1.165) is 5.56 Å². The number of ketones is 1. The van der Waals surface area contributed by atoms with Gasteiger partial charge in [-0.2, -0.15) is 5.10 Å². The Morgan fingerprint density at radius 2 is 2.00 bits per heavy atom. The fourth-order valence-corrected chi connectivity index (χ4v) is 1.97. The Morgan fingerprint density at radius 1 is 1.16 bits per heavy atom. The Labute approximate surface area is 110 Å². The van der Waals surface area contributed by atoms with Crippen molar-refractivity contribution in [1.82, 2.24) is 14.8 Å². The summed E-state index contributed by atoms with van der Waals surface area (Å²) in [5.74, 6) is 0.00985. The van der Waals surface area contributed by atoms with E-state index in [2.05, 4.69) is 10.1 Å². The van der Waals surface area contributed by atoms with E-state index in [1.54, 1.807) is 18.5 Å². The number of benzene rings is 1. The summed E-state index contributed by atoms with van der Waals surface area (Å²) in [5.41, 5.74) is 2.42. The summed E-state index contributed by atoms with van der Waals surface area (Å²) in [6.07, 6.45) is 5.42. The van der Waals surface area contributed by atoms with E-state index in [9.17, 15) is 4.79 Å². The number of H-pyrrole nitrogens is 1. The van der Waals surface area contributed by atoms with Gasteiger partial charge in [-0.1, -0.05) is 24.3 Å². The zero-order valence-electron chi connectivity index (χ0n) is 10.3. The van der Waals surface area contributed by atoms with Crippen LogP contribution in [-0.4, -0.2) is 20.5 Å². The molecule has 3 rings (SSSR count). The maximum Gasteiger partial charge on any atom is 0.209 e. The molecule has 3 aromatic rings. The Hall–Kier alpha value is -2.62. The summed E-state index contributed by atoms with van der Waals surface area (Å²) < 4.78 is 1.85. The van der Waals surface area contributed by atoms with Crippen LogP contribution in [0.15, 0.2) is 61.1 Å². The molecule has 0 aliphatic rings. The van der Waals surface area contributed by atoms with Crippen LogP contribution >= 0.6 is 0 Å². The van der Waals surface area contributed by atoms with E-state index < -0.39 is 0 Å². The minimum atomic E-state index is 0.00985. The van der Waals surface area contributed by atoms with Gasteiger partial charge in [0.1, 0.15) is 0 Å². The maximum absolute atomic E-state index is 12.1. The highest BCUT2D eigenvalue weighted by Gasteiger charge is 2.09. The molecule has 0 aliphatic carbocycles. The van der Waals surface area contributed by atoms with Crippen molar-refractivity contribution in [3.63, 3.8) is 0 Å². The highest BCUT2D eigenvalue weighted by Crippen LogP contribution is 2.10. The van der Waals surface area contributed by atoms with E-state index in [1.165, 1.54) is 0 Å². The van der Waals surface area contributed by atoms with Crippen molar-refractivity contribution >= 4 is 5.78 Å². The van der Waals surface area contributed by atoms with Crippen LogP contribution in [0.1, 0.15) is 21.6 Å². The zero-order chi connectivity index (χ0) is 13.1. The van der Waals surface area contributed by atoms with Crippen molar-refractivity contribution in [2.75, 3.05) is 0 Å². The predicted octanol–water partition coefficient (Wildman–Crippen LogP) is 2.49. The fourth-order valence-electron chi connectivity index (χ4n) is 1.97. The van der Waals surface area contributed by atoms with Crippen LogP contribution in [0.3, 0.4) is 0 Å². The molecule has 2 heterocycles. The lowest BCUT2D eigenvalue weighted by molar-refractivity contribution is 0.103. The van der Waals surface area contributed by atoms with Gasteiger partial charge in [0.2, 0.25) is 5.78 Å². The molecule has 0 bridgehead atoms. The summed E-state index contributed by atoms with van der Waals surface area (Å²) in [6, 6.07) is 13.1. The highest BCUT2D eigenvalue weighted by molar-refractivity contribution is 6.07. The number of aromatic nitrogens is 3. The molecule has 0 aliphatic heterocycles. The average molecular weight is 251 g/mol. The quantitative estimate of drug-likeness (QED) is 0.724. The van der Waals surface area contributed by atoms with Gasteiger partial charge in [0.15, 0.2) is 0 Å². The first-order valence-corrected chi connectivity index (χ1v) is 6.07. The van der Waals surface area contributed by atoms with Crippen molar-refractivity contribution < 1.29 is 4.79 Å². The second-order valence-corrected chi connectivity index (χ2v) is 4.31. The van der Waals surface area contributed by atoms with Crippen molar-refractivity contribution in [1.29, 1.82) is 0 Å². The van der Waals surface area contributed by atoms with E-state index in [1.807, 2.05) is 47.3 Å². The Bertz CT molecular complexity index is 652. The lowest BCUT2D eigenvalue weighted by atomic mass is 10.1. The minimum absolute atomic E-state index is 0.00985. The fraction of sp³-hybridized carbons (Fsp3) is 0.0667. The normalized spacial score (nSPS) is 10.5. The lowest BCUT2D eigenvalue weighted by Gasteiger charge is -2.03. The minimum Gasteiger partial charge on any atom is -0.359 e. The first-order valence-electron chi connectivity index (χ1n) is 6.07. The van der Waals surface area contributed by atoms with Gasteiger partial charge in [0, 0.05) is 24.2 Å². The average Bonchev–Trinajstić information content (AvgIpc) is 3.12. The number of rotatable bonds is 4. The number of nitrogens with one attached hydrogen (secondary N) is 1. The summed E-state index contributed by atoms with van der Waals surface area (Å²) in [4.78, 5) is 15.0. The molecular formula is C15H13N3O. The molecule has 4 heteroatoms. The smallest absolute Gasteiger partial charge is 0.209 e. The number of aromatic amines is 1. The Morgan fingerprint density at radius 3 is 2.63 bits per heavy atom. The molecule has 0 radical (unpaired) electrons. The summed E-state index contributed by atoms with van der Waals surface area (Å²) >= 11 is 0. The van der Waals surface area contributed by atoms with Gasteiger partial charge >= 0.3 is 0 Å². The lowest BCUT2D eigenvalue weighted by Crippen LogP contribution is -2.03. The topological polar surface area (TPSA) is 50.7 Å². The number of hydrogen-bond acceptors (Lipinski definition) is 2. The molecule has 0 saturated heterocycles. The number of carbonyl (C=O) groups excluding carboxylic acids is 1. The van der Waals surface area contributed by atoms with Gasteiger partial charge in [0.05, 0.1) is 12.2 Å². The van der Waals surface area contributed by atoms with Crippen molar-refractivity contribution in [3.05, 3.63) is 77.9 Å². The van der Waals surface area contributed by atoms with Crippen LogP contribution in [0.5, 0.6) is 0 Å². The van der Waals surface area contributed by atoms with Crippen LogP contribution < -0.4 is 0 Å². The van der Waals surface area contributed by atoms with Crippen LogP contribution in [0.2, 0.25) is 0 Å². The van der Waals surface area contributed by atoms with Crippen LogP contribution in [0.25, 0.3) is 0 Å². The van der Waals surface area contributed by atoms with Crippen molar-refractivity contribution in [3.8, 4) is 0 Å². The van der Waals surface area contributed by atoms with Gasteiger partial charge in [-0.3, -0.25) is 9.48 Å². The van der Waals surface area contributed by atoms with Gasteiger partial charge in [-0.15, -0.1) is 0 Å². The van der Waals surface area contributed by atoms with Crippen LogP contribution in [0.4, 0.5) is 0 Å². The Balaban J connectivity index is 1.77. The largest absolute Gasteiger partial charge is 0.359 e. The molecule has 0 saturated carbocycles. The van der Waals surface area contributed by atoms with E-state index in [0.29, 0.717) is 17.8 Å². The van der Waals surface area contributed by atoms with Gasteiger partial charge in [0.25, 0.3) is 0 Å². The summed E-state index contributed by atoms with van der Waals surface area (Å²) in [5, 5.41) is 4.15. The van der Waals surface area contributed by atoms with E-state index in [4.69, 9.17) is 0 Å². The Kier molecular flexibility index (Phi) is 2.98. The molecule has 1 N–H and O–H groups in total. The molecule has 2 aromatic heterocycles. The second kappa shape index (κ2) is 4.94. The molecule has 4 nitrogen and oxygen atoms in total.